The molecule has 2 aliphatic heterocycles. The van der Waals surface area contributed by atoms with Crippen molar-refractivity contribution in [3.05, 3.63) is 83.4 Å². The predicted octanol–water partition coefficient (Wildman–Crippen LogP) is 7.68. The Morgan fingerprint density at radius 1 is 0.688 bits per heavy atom. The van der Waals surface area contributed by atoms with E-state index in [0.717, 1.165) is 52.7 Å². The van der Waals surface area contributed by atoms with Crippen molar-refractivity contribution in [2.75, 3.05) is 13.1 Å². The van der Waals surface area contributed by atoms with E-state index in [4.69, 9.17) is 0 Å². The van der Waals surface area contributed by atoms with Crippen LogP contribution in [0.2, 0.25) is 0 Å². The van der Waals surface area contributed by atoms with E-state index in [1.807, 2.05) is 17.5 Å². The summed E-state index contributed by atoms with van der Waals surface area (Å²) in [7, 11) is 0. The number of hydrogen-bond donors (Lipinski definition) is 4. The van der Waals surface area contributed by atoms with Crippen LogP contribution in [0, 0.1) is 85.8 Å². The first-order valence-corrected chi connectivity index (χ1v) is 25.3. The van der Waals surface area contributed by atoms with Gasteiger partial charge in [-0.25, -0.2) is 17.6 Å². The summed E-state index contributed by atoms with van der Waals surface area (Å²) < 4.78 is 141. The summed E-state index contributed by atoms with van der Waals surface area (Å²) in [6.45, 7) is 11.4. The van der Waals surface area contributed by atoms with Gasteiger partial charge in [0.15, 0.2) is 23.3 Å². The van der Waals surface area contributed by atoms with E-state index in [-0.39, 0.29) is 70.9 Å². The number of fused-ring (bicyclic) bond motifs is 3. The van der Waals surface area contributed by atoms with Gasteiger partial charge in [-0.05, 0) is 88.2 Å². The van der Waals surface area contributed by atoms with Gasteiger partial charge in [0.2, 0.25) is 23.6 Å². The number of carbonyl (C=O) groups is 6. The molecule has 3 fully saturated rings. The number of carbonyl (C=O) groups excluding carboxylic acids is 6. The second-order valence-electron chi connectivity index (χ2n) is 23.0. The highest BCUT2D eigenvalue weighted by Crippen LogP contribution is 2.68. The van der Waals surface area contributed by atoms with Crippen LogP contribution in [0.25, 0.3) is 21.5 Å². The Morgan fingerprint density at radius 3 is 1.76 bits per heavy atom. The fourth-order valence-corrected chi connectivity index (χ4v) is 11.5. The Labute approximate surface area is 452 Å². The fourth-order valence-electron chi connectivity index (χ4n) is 11.5. The molecule has 10 atom stereocenters. The number of nitrogens with zero attached hydrogens (tertiary/aromatic N) is 6. The summed E-state index contributed by atoms with van der Waals surface area (Å²) in [5.41, 5.74) is -4.30. The third-order valence-corrected chi connectivity index (χ3v) is 16.1. The van der Waals surface area contributed by atoms with Crippen molar-refractivity contribution in [2.24, 2.45) is 39.9 Å². The molecule has 2 saturated heterocycles. The molecular formula is C54H56F10N10O6. The molecule has 3 aliphatic rings. The molecule has 7 rings (SSSR count). The van der Waals surface area contributed by atoms with E-state index in [9.17, 15) is 83.2 Å². The quantitative estimate of drug-likeness (QED) is 0.0849. The van der Waals surface area contributed by atoms with Crippen LogP contribution in [0.3, 0.4) is 0 Å². The number of piperidine rings is 1. The lowest BCUT2D eigenvalue weighted by atomic mass is 9.75. The molecule has 428 valence electrons. The highest BCUT2D eigenvalue weighted by molar-refractivity contribution is 5.97. The first kappa shape index (κ1) is 60.0. The molecule has 0 spiro atoms. The maximum absolute atomic E-state index is 15.0. The summed E-state index contributed by atoms with van der Waals surface area (Å²) in [4.78, 5) is 93.8. The zero-order valence-corrected chi connectivity index (χ0v) is 44.3. The average Bonchev–Trinajstić information content (AvgIpc) is 3.95. The number of benzene rings is 2. The number of aromatic nitrogens is 2. The third kappa shape index (κ3) is 11.5. The van der Waals surface area contributed by atoms with Gasteiger partial charge in [0.1, 0.15) is 36.3 Å². The molecule has 4 heterocycles. The number of rotatable bonds is 15. The van der Waals surface area contributed by atoms with Gasteiger partial charge in [0, 0.05) is 59.8 Å². The number of hydrogen-bond acceptors (Lipinski definition) is 10. The number of halogens is 10. The Hall–Kier alpha value is -7.64. The van der Waals surface area contributed by atoms with Crippen molar-refractivity contribution >= 4 is 57.0 Å². The summed E-state index contributed by atoms with van der Waals surface area (Å²) in [6.07, 6.45) is -6.67. The first-order valence-electron chi connectivity index (χ1n) is 25.3. The Kier molecular flexibility index (Phi) is 16.3. The monoisotopic (exact) mass is 1130 g/mol. The number of pyridine rings is 2. The maximum Gasteiger partial charge on any atom is 0.471 e. The Bertz CT molecular complexity index is 3240. The molecule has 0 bridgehead atoms. The highest BCUT2D eigenvalue weighted by Gasteiger charge is 2.72. The minimum atomic E-state index is -5.53. The van der Waals surface area contributed by atoms with E-state index in [1.54, 1.807) is 26.1 Å². The van der Waals surface area contributed by atoms with Crippen molar-refractivity contribution in [3.63, 3.8) is 0 Å². The Balaban J connectivity index is 1.20. The number of alkyl halides is 6. The van der Waals surface area contributed by atoms with E-state index in [1.165, 1.54) is 40.8 Å². The van der Waals surface area contributed by atoms with E-state index >= 15 is 0 Å². The number of likely N-dealkylation sites (tertiary alicyclic amines) is 2. The largest absolute Gasteiger partial charge is 0.471 e. The fraction of sp³-hybridized carbons (Fsp3) is 0.519. The second-order valence-corrected chi connectivity index (χ2v) is 23.0. The summed E-state index contributed by atoms with van der Waals surface area (Å²) in [5, 5.41) is 29.0. The summed E-state index contributed by atoms with van der Waals surface area (Å²) in [6, 6.07) is -2.93. The minimum Gasteiger partial charge on any atom is -0.336 e. The number of nitriles is 2. The smallest absolute Gasteiger partial charge is 0.336 e. The van der Waals surface area contributed by atoms with E-state index in [0.29, 0.717) is 0 Å². The standard InChI is InChI=1S/C54H56F10N10O6/c1-24(2)26-11-14-73(40(26)44(75)69-37(18-66)30-21-67-19-25-15-34(56)35(57)16-28(25)30)47(78)43(72-49(80)54(62,63)64)51(6,7)12-13-52(8)32-23-74(46(77)42(50(3,4)5)71-48(79)53(59,60)61)41(38(32)52)45(76)70-36(17-65)29-20-68-22-31-27(29)9-10-33(55)39(31)58/h9-10,15-16,19-22,24,26,32,36-38,40-43H,11-14,23H2,1-8H3,(H,69,75)(H,70,76)(H,71,79)(H,72,80)/t26?,32-,36+,37+,38+,40+,41+,42-,43-,52?/m1/s1. The van der Waals surface area contributed by atoms with Crippen LogP contribution >= 0.6 is 0 Å². The molecule has 1 saturated carbocycles. The molecule has 2 aromatic heterocycles. The van der Waals surface area contributed by atoms with Gasteiger partial charge in [-0.3, -0.25) is 38.7 Å². The van der Waals surface area contributed by atoms with Crippen LogP contribution in [-0.2, 0) is 28.8 Å². The lowest BCUT2D eigenvalue weighted by Crippen LogP contribution is -2.61. The molecule has 16 nitrogen and oxygen atoms in total. The van der Waals surface area contributed by atoms with Crippen LogP contribution in [0.15, 0.2) is 49.1 Å². The van der Waals surface area contributed by atoms with Gasteiger partial charge in [-0.1, -0.05) is 61.5 Å². The zero-order chi connectivity index (χ0) is 59.5. The molecule has 2 aromatic carbocycles. The van der Waals surface area contributed by atoms with Gasteiger partial charge in [-0.2, -0.15) is 36.9 Å². The topological polar surface area (TPSA) is 230 Å². The molecule has 4 N–H and O–H groups in total. The SMILES string of the molecule is CC(C)C1CCN(C(=O)[C@@H](NC(=O)C(F)(F)F)C(C)(C)CCC2(C)[C@@H]3[C@@H](C(=O)N[C@@H](C#N)c4cncc5c(F)c(F)ccc45)N(C(=O)[C@@H](NC(=O)C(F)(F)F)C(C)(C)C)C[C@H]32)[C@@H]1C(=O)N[C@@H](C#N)c1cncc2cc(F)c(F)cc12. The third-order valence-electron chi connectivity index (χ3n) is 16.1. The summed E-state index contributed by atoms with van der Waals surface area (Å²) >= 11 is 0. The lowest BCUT2D eigenvalue weighted by molar-refractivity contribution is -0.176. The van der Waals surface area contributed by atoms with Crippen molar-refractivity contribution in [2.45, 2.75) is 123 Å². The zero-order valence-electron chi connectivity index (χ0n) is 44.3. The summed E-state index contributed by atoms with van der Waals surface area (Å²) in [5.74, 6) is -16.9. The molecule has 1 aliphatic carbocycles. The van der Waals surface area contributed by atoms with Crippen molar-refractivity contribution in [1.29, 1.82) is 10.5 Å². The minimum absolute atomic E-state index is 0.0203. The second kappa shape index (κ2) is 21.8. The van der Waals surface area contributed by atoms with Crippen LogP contribution in [0.4, 0.5) is 43.9 Å². The predicted molar refractivity (Wildman–Crippen MR) is 264 cm³/mol. The van der Waals surface area contributed by atoms with Crippen molar-refractivity contribution < 1.29 is 72.7 Å². The molecule has 2 unspecified atom stereocenters. The van der Waals surface area contributed by atoms with E-state index < -0.39 is 141 Å². The van der Waals surface area contributed by atoms with Crippen molar-refractivity contribution in [1.82, 2.24) is 41.0 Å². The molecule has 0 radical (unpaired) electrons. The van der Waals surface area contributed by atoms with E-state index in [2.05, 4.69) is 20.6 Å². The Morgan fingerprint density at radius 2 is 1.21 bits per heavy atom. The average molecular weight is 1130 g/mol. The molecule has 6 amide bonds. The highest BCUT2D eigenvalue weighted by atomic mass is 19.4. The van der Waals surface area contributed by atoms with Gasteiger partial charge in [-0.15, -0.1) is 0 Å². The van der Waals surface area contributed by atoms with Crippen LogP contribution < -0.4 is 21.3 Å². The van der Waals surface area contributed by atoms with Gasteiger partial charge < -0.3 is 31.1 Å². The normalized spacial score (nSPS) is 22.6. The van der Waals surface area contributed by atoms with Crippen LogP contribution in [0.1, 0.15) is 97.9 Å². The van der Waals surface area contributed by atoms with Gasteiger partial charge >= 0.3 is 24.2 Å². The van der Waals surface area contributed by atoms with Gasteiger partial charge in [0.25, 0.3) is 0 Å². The molecule has 26 heteroatoms. The van der Waals surface area contributed by atoms with Gasteiger partial charge in [0.05, 0.1) is 12.1 Å². The van der Waals surface area contributed by atoms with Crippen LogP contribution in [-0.4, -0.2) is 105 Å². The molecular weight excluding hydrogens is 1070 g/mol. The van der Waals surface area contributed by atoms with Crippen LogP contribution in [0.5, 0.6) is 0 Å². The maximum atomic E-state index is 15.0. The molecule has 4 aromatic rings. The first-order chi connectivity index (χ1) is 37.1. The lowest BCUT2D eigenvalue weighted by Gasteiger charge is -2.40. The van der Waals surface area contributed by atoms with Crippen molar-refractivity contribution in [3.8, 4) is 12.1 Å². The number of nitrogens with one attached hydrogen (secondary N) is 4. The number of amides is 6. The molecule has 80 heavy (non-hydrogen) atoms.